The largest absolute Gasteiger partial charge is 0.444 e. The minimum Gasteiger partial charge on any atom is -0.444 e. The number of alkyl carbamates (subject to hydrolysis) is 1. The van der Waals surface area contributed by atoms with Crippen LogP contribution in [0.25, 0.3) is 0 Å². The summed E-state index contributed by atoms with van der Waals surface area (Å²) in [6.07, 6.45) is 1.49. The van der Waals surface area contributed by atoms with E-state index in [1.165, 1.54) is 6.20 Å². The molecular weight excluding hydrogens is 278 g/mol. The van der Waals surface area contributed by atoms with Gasteiger partial charge in [-0.15, -0.1) is 0 Å². The second kappa shape index (κ2) is 7.01. The van der Waals surface area contributed by atoms with Gasteiger partial charge in [0.1, 0.15) is 10.8 Å². The molecule has 0 saturated heterocycles. The molecule has 1 aromatic rings. The lowest BCUT2D eigenvalue weighted by molar-refractivity contribution is 0.0529. The summed E-state index contributed by atoms with van der Waals surface area (Å²) >= 11 is 5.87. The Morgan fingerprint density at radius 1 is 1.55 bits per heavy atom. The Hall–Kier alpha value is -1.93. The first-order valence-electron chi connectivity index (χ1n) is 6.14. The van der Waals surface area contributed by atoms with Gasteiger partial charge in [-0.1, -0.05) is 23.4 Å². The van der Waals surface area contributed by atoms with E-state index in [1.807, 2.05) is 0 Å². The first-order chi connectivity index (χ1) is 9.28. The molecule has 108 valence electrons. The maximum absolute atomic E-state index is 11.4. The van der Waals surface area contributed by atoms with Gasteiger partial charge >= 0.3 is 6.09 Å². The third kappa shape index (κ3) is 6.30. The van der Waals surface area contributed by atoms with E-state index in [0.29, 0.717) is 29.4 Å². The summed E-state index contributed by atoms with van der Waals surface area (Å²) in [5.41, 5.74) is 6.17. The van der Waals surface area contributed by atoms with Gasteiger partial charge in [0.15, 0.2) is 0 Å². The summed E-state index contributed by atoms with van der Waals surface area (Å²) in [4.78, 5) is 15.3. The average molecular weight is 296 g/mol. The number of nitrogen functional groups attached to an aromatic ring is 1. The van der Waals surface area contributed by atoms with Gasteiger partial charge in [-0.05, 0) is 26.8 Å². The maximum Gasteiger partial charge on any atom is 0.407 e. The topological polar surface area (TPSA) is 77.2 Å². The van der Waals surface area contributed by atoms with Crippen LogP contribution in [0.4, 0.5) is 10.5 Å². The normalized spacial score (nSPS) is 10.4. The molecule has 20 heavy (non-hydrogen) atoms. The highest BCUT2D eigenvalue weighted by atomic mass is 35.5. The number of carbonyl (C=O) groups excluding carboxylic acids is 1. The SMILES string of the molecule is CC(C)(C)OC(=O)NCCC#Cc1cc(N)cnc1Cl. The van der Waals surface area contributed by atoms with Crippen LogP contribution in [0.15, 0.2) is 12.3 Å². The molecule has 0 atom stereocenters. The number of halogens is 1. The van der Waals surface area contributed by atoms with E-state index in [4.69, 9.17) is 22.1 Å². The van der Waals surface area contributed by atoms with Crippen molar-refractivity contribution in [1.29, 1.82) is 0 Å². The highest BCUT2D eigenvalue weighted by Crippen LogP contribution is 2.13. The highest BCUT2D eigenvalue weighted by molar-refractivity contribution is 6.30. The van der Waals surface area contributed by atoms with E-state index >= 15 is 0 Å². The number of nitrogens with zero attached hydrogens (tertiary/aromatic N) is 1. The van der Waals surface area contributed by atoms with Crippen molar-refractivity contribution >= 4 is 23.4 Å². The van der Waals surface area contributed by atoms with Crippen LogP contribution in [0.3, 0.4) is 0 Å². The zero-order chi connectivity index (χ0) is 15.2. The third-order valence-electron chi connectivity index (χ3n) is 2.00. The van der Waals surface area contributed by atoms with E-state index in [-0.39, 0.29) is 0 Å². The minimum atomic E-state index is -0.503. The van der Waals surface area contributed by atoms with Gasteiger partial charge in [-0.3, -0.25) is 0 Å². The molecule has 0 aliphatic carbocycles. The Labute approximate surface area is 123 Å². The van der Waals surface area contributed by atoms with Crippen LogP contribution in [0.2, 0.25) is 5.15 Å². The van der Waals surface area contributed by atoms with Crippen LogP contribution in [-0.2, 0) is 4.74 Å². The average Bonchev–Trinajstić information content (AvgIpc) is 2.30. The minimum absolute atomic E-state index is 0.312. The molecule has 0 aliphatic heterocycles. The zero-order valence-corrected chi connectivity index (χ0v) is 12.5. The van der Waals surface area contributed by atoms with Crippen molar-refractivity contribution in [1.82, 2.24) is 10.3 Å². The monoisotopic (exact) mass is 295 g/mol. The maximum atomic E-state index is 11.4. The van der Waals surface area contributed by atoms with Crippen LogP contribution in [0, 0.1) is 11.8 Å². The lowest BCUT2D eigenvalue weighted by atomic mass is 10.2. The van der Waals surface area contributed by atoms with Crippen molar-refractivity contribution in [2.24, 2.45) is 0 Å². The predicted molar refractivity (Wildman–Crippen MR) is 79.4 cm³/mol. The van der Waals surface area contributed by atoms with Gasteiger partial charge in [-0.25, -0.2) is 9.78 Å². The number of amides is 1. The number of ether oxygens (including phenoxy) is 1. The number of nitrogens with one attached hydrogen (secondary N) is 1. The number of carbonyl (C=O) groups is 1. The number of pyridine rings is 1. The first-order valence-corrected chi connectivity index (χ1v) is 6.52. The zero-order valence-electron chi connectivity index (χ0n) is 11.8. The fourth-order valence-corrected chi connectivity index (χ4v) is 1.40. The second-order valence-corrected chi connectivity index (χ2v) is 5.45. The van der Waals surface area contributed by atoms with E-state index < -0.39 is 11.7 Å². The van der Waals surface area contributed by atoms with E-state index in [1.54, 1.807) is 26.8 Å². The quantitative estimate of drug-likeness (QED) is 0.499. The fourth-order valence-electron chi connectivity index (χ4n) is 1.25. The smallest absolute Gasteiger partial charge is 0.407 e. The molecule has 5 nitrogen and oxygen atoms in total. The summed E-state index contributed by atoms with van der Waals surface area (Å²) in [6, 6.07) is 1.66. The molecule has 0 bridgehead atoms. The molecule has 1 heterocycles. The molecule has 1 amide bonds. The van der Waals surface area contributed by atoms with E-state index in [9.17, 15) is 4.79 Å². The fraction of sp³-hybridized carbons (Fsp3) is 0.429. The van der Waals surface area contributed by atoms with Gasteiger partial charge in [0.25, 0.3) is 0 Å². The molecule has 0 spiro atoms. The number of hydrogen-bond donors (Lipinski definition) is 2. The Morgan fingerprint density at radius 3 is 2.90 bits per heavy atom. The van der Waals surface area contributed by atoms with Crippen LogP contribution in [0.5, 0.6) is 0 Å². The molecule has 0 radical (unpaired) electrons. The van der Waals surface area contributed by atoms with Crippen LogP contribution in [-0.4, -0.2) is 23.2 Å². The molecular formula is C14H18ClN3O2. The summed E-state index contributed by atoms with van der Waals surface area (Å²) in [5, 5.41) is 2.93. The van der Waals surface area contributed by atoms with Gasteiger partial charge in [0.05, 0.1) is 17.4 Å². The first kappa shape index (κ1) is 16.1. The van der Waals surface area contributed by atoms with Crippen LogP contribution >= 0.6 is 11.6 Å². The van der Waals surface area contributed by atoms with Gasteiger partial charge < -0.3 is 15.8 Å². The molecule has 0 fully saturated rings. The number of hydrogen-bond acceptors (Lipinski definition) is 4. The van der Waals surface area contributed by atoms with E-state index in [2.05, 4.69) is 22.1 Å². The molecule has 0 aromatic carbocycles. The molecule has 6 heteroatoms. The number of aromatic nitrogens is 1. The second-order valence-electron chi connectivity index (χ2n) is 5.09. The summed E-state index contributed by atoms with van der Waals surface area (Å²) < 4.78 is 5.09. The predicted octanol–water partition coefficient (Wildman–Crippen LogP) is 2.58. The van der Waals surface area contributed by atoms with Crippen molar-refractivity contribution in [2.75, 3.05) is 12.3 Å². The summed E-state index contributed by atoms with van der Waals surface area (Å²) in [5.74, 6) is 5.75. The van der Waals surface area contributed by atoms with Crippen molar-refractivity contribution in [3.05, 3.63) is 23.0 Å². The van der Waals surface area contributed by atoms with Crippen molar-refractivity contribution in [2.45, 2.75) is 32.8 Å². The van der Waals surface area contributed by atoms with Gasteiger partial charge in [-0.2, -0.15) is 0 Å². The van der Waals surface area contributed by atoms with Crippen LogP contribution in [0.1, 0.15) is 32.8 Å². The molecule has 0 saturated carbocycles. The summed E-state index contributed by atoms with van der Waals surface area (Å²) in [7, 11) is 0. The Balaban J connectivity index is 2.40. The molecule has 1 aromatic heterocycles. The molecule has 3 N–H and O–H groups in total. The lowest BCUT2D eigenvalue weighted by Gasteiger charge is -2.19. The Kier molecular flexibility index (Phi) is 5.66. The Morgan fingerprint density at radius 2 is 2.25 bits per heavy atom. The van der Waals surface area contributed by atoms with Crippen LogP contribution < -0.4 is 11.1 Å². The van der Waals surface area contributed by atoms with Gasteiger partial charge in [0, 0.05) is 13.0 Å². The third-order valence-corrected chi connectivity index (χ3v) is 2.30. The highest BCUT2D eigenvalue weighted by Gasteiger charge is 2.15. The van der Waals surface area contributed by atoms with Crippen molar-refractivity contribution in [3.8, 4) is 11.8 Å². The van der Waals surface area contributed by atoms with E-state index in [0.717, 1.165) is 0 Å². The molecule has 0 aliphatic rings. The summed E-state index contributed by atoms with van der Waals surface area (Å²) in [6.45, 7) is 5.82. The number of rotatable bonds is 2. The number of anilines is 1. The van der Waals surface area contributed by atoms with Crippen molar-refractivity contribution < 1.29 is 9.53 Å². The molecule has 0 unspecified atom stereocenters. The Bertz CT molecular complexity index is 542. The molecule has 1 rings (SSSR count). The lowest BCUT2D eigenvalue weighted by Crippen LogP contribution is -2.32. The number of nitrogens with two attached hydrogens (primary N) is 1. The standard InChI is InChI=1S/C14H18ClN3O2/c1-14(2,3)20-13(19)17-7-5-4-6-10-8-11(16)9-18-12(10)15/h8-9H,5,7,16H2,1-3H3,(H,17,19). The van der Waals surface area contributed by atoms with Crippen molar-refractivity contribution in [3.63, 3.8) is 0 Å². The van der Waals surface area contributed by atoms with Gasteiger partial charge in [0.2, 0.25) is 0 Å².